The number of aliphatic hydroxyl groups is 4. The monoisotopic (exact) mass is 494 g/mol. The molecule has 5 unspecified atom stereocenters. The number of aromatic hydroxyl groups is 4. The zero-order chi connectivity index (χ0) is 25.6. The molecule has 5 atom stereocenters. The standard InChI is InChI=1S/C22H22O13/c1-32-21-10(25)2-7(3-11(21)26)20-18(30)16(28)14-9(24)4-8(5-12(14)34-20)33-22-19(31)17(29)15(27)13(6-23)35-22/h2-5,13,15,17,19,22-27,29-31H,6H2,1H3. The second-order valence-corrected chi connectivity index (χ2v) is 7.79. The Kier molecular flexibility index (Phi) is 6.36. The predicted octanol–water partition coefficient (Wildman–Crippen LogP) is -0.530. The van der Waals surface area contributed by atoms with Gasteiger partial charge < -0.3 is 59.5 Å². The molecule has 2 aromatic carbocycles. The first-order valence-corrected chi connectivity index (χ1v) is 10.2. The first-order chi connectivity index (χ1) is 16.6. The molecule has 0 saturated carbocycles. The fourth-order valence-corrected chi connectivity index (χ4v) is 3.77. The SMILES string of the molecule is COc1c(O)cc(-c2oc3cc(OC4OC(CO)C(O)C(O)C4O)cc(O)c3c(=O)c2O)cc1O. The lowest BCUT2D eigenvalue weighted by atomic mass is 9.99. The number of rotatable bonds is 5. The molecule has 2 heterocycles. The first kappa shape index (κ1) is 24.4. The van der Waals surface area contributed by atoms with E-state index < -0.39 is 76.9 Å². The first-order valence-electron chi connectivity index (χ1n) is 10.2. The molecule has 1 aliphatic rings. The lowest BCUT2D eigenvalue weighted by Crippen LogP contribution is -2.60. The van der Waals surface area contributed by atoms with Crippen molar-refractivity contribution < 1.29 is 59.5 Å². The fourth-order valence-electron chi connectivity index (χ4n) is 3.77. The van der Waals surface area contributed by atoms with E-state index in [1.54, 1.807) is 0 Å². The lowest BCUT2D eigenvalue weighted by Gasteiger charge is -2.39. The van der Waals surface area contributed by atoms with E-state index in [2.05, 4.69) is 0 Å². The Labute approximate surface area is 195 Å². The summed E-state index contributed by atoms with van der Waals surface area (Å²) in [5.41, 5.74) is -1.43. The van der Waals surface area contributed by atoms with Gasteiger partial charge in [-0.2, -0.15) is 0 Å². The zero-order valence-electron chi connectivity index (χ0n) is 18.0. The maximum absolute atomic E-state index is 12.7. The summed E-state index contributed by atoms with van der Waals surface area (Å²) in [6.45, 7) is -0.688. The van der Waals surface area contributed by atoms with Crippen LogP contribution in [0.3, 0.4) is 0 Å². The second-order valence-electron chi connectivity index (χ2n) is 7.79. The van der Waals surface area contributed by atoms with E-state index in [0.29, 0.717) is 0 Å². The van der Waals surface area contributed by atoms with Crippen LogP contribution in [0.25, 0.3) is 22.3 Å². The van der Waals surface area contributed by atoms with Gasteiger partial charge in [0.25, 0.3) is 0 Å². The topological polar surface area (TPSA) is 220 Å². The maximum atomic E-state index is 12.7. The van der Waals surface area contributed by atoms with E-state index in [9.17, 15) is 45.6 Å². The van der Waals surface area contributed by atoms with Crippen molar-refractivity contribution in [3.8, 4) is 45.8 Å². The van der Waals surface area contributed by atoms with Crippen LogP contribution in [-0.4, -0.2) is 85.3 Å². The highest BCUT2D eigenvalue weighted by Crippen LogP contribution is 2.43. The second kappa shape index (κ2) is 9.13. The van der Waals surface area contributed by atoms with Crippen molar-refractivity contribution in [3.05, 3.63) is 34.5 Å². The van der Waals surface area contributed by atoms with Gasteiger partial charge >= 0.3 is 0 Å². The summed E-state index contributed by atoms with van der Waals surface area (Å²) in [7, 11) is 1.21. The van der Waals surface area contributed by atoms with Crippen molar-refractivity contribution in [2.75, 3.05) is 13.7 Å². The van der Waals surface area contributed by atoms with Crippen molar-refractivity contribution in [2.45, 2.75) is 30.7 Å². The van der Waals surface area contributed by atoms with Gasteiger partial charge in [0, 0.05) is 17.7 Å². The third-order valence-corrected chi connectivity index (χ3v) is 5.54. The summed E-state index contributed by atoms with van der Waals surface area (Å²) in [6.07, 6.45) is -7.89. The predicted molar refractivity (Wildman–Crippen MR) is 116 cm³/mol. The quantitative estimate of drug-likeness (QED) is 0.224. The van der Waals surface area contributed by atoms with Gasteiger partial charge in [-0.15, -0.1) is 0 Å². The molecule has 13 nitrogen and oxygen atoms in total. The summed E-state index contributed by atoms with van der Waals surface area (Å²) in [4.78, 5) is 12.7. The Morgan fingerprint density at radius 1 is 0.914 bits per heavy atom. The summed E-state index contributed by atoms with van der Waals surface area (Å²) in [5.74, 6) is -3.51. The van der Waals surface area contributed by atoms with Crippen LogP contribution in [0.2, 0.25) is 0 Å². The highest BCUT2D eigenvalue weighted by Gasteiger charge is 2.44. The van der Waals surface area contributed by atoms with Gasteiger partial charge in [0.2, 0.25) is 23.2 Å². The van der Waals surface area contributed by atoms with E-state index in [-0.39, 0.29) is 22.6 Å². The zero-order valence-corrected chi connectivity index (χ0v) is 18.0. The van der Waals surface area contributed by atoms with Crippen LogP contribution in [0.15, 0.2) is 33.5 Å². The Morgan fingerprint density at radius 3 is 2.17 bits per heavy atom. The molecule has 4 rings (SSSR count). The maximum Gasteiger partial charge on any atom is 0.238 e. The van der Waals surface area contributed by atoms with Crippen LogP contribution in [0.4, 0.5) is 0 Å². The number of aliphatic hydroxyl groups excluding tert-OH is 4. The van der Waals surface area contributed by atoms with Crippen LogP contribution >= 0.6 is 0 Å². The van der Waals surface area contributed by atoms with Gasteiger partial charge in [-0.3, -0.25) is 4.79 Å². The Bertz CT molecular complexity index is 1290. The highest BCUT2D eigenvalue weighted by atomic mass is 16.7. The third-order valence-electron chi connectivity index (χ3n) is 5.54. The minimum atomic E-state index is -1.74. The smallest absolute Gasteiger partial charge is 0.238 e. The number of ether oxygens (including phenoxy) is 3. The molecule has 35 heavy (non-hydrogen) atoms. The van der Waals surface area contributed by atoms with Crippen LogP contribution in [0.5, 0.6) is 34.5 Å². The summed E-state index contributed by atoms with van der Waals surface area (Å²) in [5, 5.41) is 79.7. The van der Waals surface area contributed by atoms with Gasteiger partial charge in [-0.25, -0.2) is 0 Å². The van der Waals surface area contributed by atoms with E-state index in [1.807, 2.05) is 0 Å². The van der Waals surface area contributed by atoms with Gasteiger partial charge in [-0.05, 0) is 12.1 Å². The highest BCUT2D eigenvalue weighted by molar-refractivity contribution is 5.88. The normalized spacial score (nSPS) is 24.4. The van der Waals surface area contributed by atoms with Gasteiger partial charge in [0.15, 0.2) is 17.3 Å². The summed E-state index contributed by atoms with van der Waals surface area (Å²) in [6, 6.07) is 4.21. The third kappa shape index (κ3) is 4.15. The molecule has 0 spiro atoms. The van der Waals surface area contributed by atoms with Gasteiger partial charge in [-0.1, -0.05) is 0 Å². The summed E-state index contributed by atoms with van der Waals surface area (Å²) >= 11 is 0. The fraction of sp³-hybridized carbons (Fsp3) is 0.318. The Morgan fingerprint density at radius 2 is 1.57 bits per heavy atom. The minimum Gasteiger partial charge on any atom is -0.507 e. The van der Waals surface area contributed by atoms with E-state index >= 15 is 0 Å². The van der Waals surface area contributed by atoms with Crippen LogP contribution in [-0.2, 0) is 4.74 Å². The van der Waals surface area contributed by atoms with E-state index in [0.717, 1.165) is 24.3 Å². The average Bonchev–Trinajstić information content (AvgIpc) is 2.81. The van der Waals surface area contributed by atoms with Crippen molar-refractivity contribution in [1.29, 1.82) is 0 Å². The molecule has 1 saturated heterocycles. The van der Waals surface area contributed by atoms with Crippen LogP contribution in [0, 0.1) is 0 Å². The van der Waals surface area contributed by atoms with Gasteiger partial charge in [0.05, 0.1) is 13.7 Å². The number of benzene rings is 2. The largest absolute Gasteiger partial charge is 0.507 e. The van der Waals surface area contributed by atoms with Crippen molar-refractivity contribution in [2.24, 2.45) is 0 Å². The molecule has 1 aliphatic heterocycles. The molecule has 13 heteroatoms. The molecule has 0 bridgehead atoms. The van der Waals surface area contributed by atoms with Gasteiger partial charge in [0.1, 0.15) is 46.9 Å². The molecule has 0 aliphatic carbocycles. The molecule has 188 valence electrons. The number of hydrogen-bond acceptors (Lipinski definition) is 13. The number of methoxy groups -OCH3 is 1. The van der Waals surface area contributed by atoms with E-state index in [1.165, 1.54) is 7.11 Å². The van der Waals surface area contributed by atoms with Crippen LogP contribution < -0.4 is 14.9 Å². The number of phenolic OH excluding ortho intramolecular Hbond substituents is 3. The molecular formula is C22H22O13. The Balaban J connectivity index is 1.78. The van der Waals surface area contributed by atoms with Crippen molar-refractivity contribution in [1.82, 2.24) is 0 Å². The average molecular weight is 494 g/mol. The summed E-state index contributed by atoms with van der Waals surface area (Å²) < 4.78 is 21.1. The number of phenols is 3. The molecule has 0 amide bonds. The van der Waals surface area contributed by atoms with Crippen LogP contribution in [0.1, 0.15) is 0 Å². The number of fused-ring (bicyclic) bond motifs is 1. The minimum absolute atomic E-state index is 0.1000. The molecule has 1 fully saturated rings. The molecule has 1 aromatic heterocycles. The van der Waals surface area contributed by atoms with Crippen molar-refractivity contribution in [3.63, 3.8) is 0 Å². The number of hydrogen-bond donors (Lipinski definition) is 8. The molecular weight excluding hydrogens is 472 g/mol. The van der Waals surface area contributed by atoms with Crippen molar-refractivity contribution >= 4 is 11.0 Å². The molecule has 8 N–H and O–H groups in total. The molecule has 0 radical (unpaired) electrons. The Hall–Kier alpha value is -3.75. The lowest BCUT2D eigenvalue weighted by molar-refractivity contribution is -0.277. The molecule has 3 aromatic rings. The van der Waals surface area contributed by atoms with E-state index in [4.69, 9.17) is 18.6 Å².